The average Bonchev–Trinajstić information content (AvgIpc) is 3.25. The molecule has 2 saturated heterocycles. The van der Waals surface area contributed by atoms with Gasteiger partial charge in [-0.2, -0.15) is 0 Å². The van der Waals surface area contributed by atoms with Gasteiger partial charge in [0.15, 0.2) is 11.3 Å². The number of hydrogen-bond donors (Lipinski definition) is 1. The van der Waals surface area contributed by atoms with Crippen LogP contribution in [0.1, 0.15) is 21.5 Å². The van der Waals surface area contributed by atoms with E-state index < -0.39 is 17.7 Å². The molecule has 0 saturated carbocycles. The molecule has 3 aromatic rings. The van der Waals surface area contributed by atoms with Crippen LogP contribution in [0.15, 0.2) is 39.5 Å². The van der Waals surface area contributed by atoms with Gasteiger partial charge in [-0.25, -0.2) is 8.78 Å². The summed E-state index contributed by atoms with van der Waals surface area (Å²) in [6.45, 7) is 3.32. The largest absolute Gasteiger partial charge is 0.440 e. The van der Waals surface area contributed by atoms with Gasteiger partial charge in [-0.3, -0.25) is 9.59 Å². The smallest absolute Gasteiger partial charge is 0.254 e. The summed E-state index contributed by atoms with van der Waals surface area (Å²) in [5.41, 5.74) is 1.83. The summed E-state index contributed by atoms with van der Waals surface area (Å²) in [4.78, 5) is 31.5. The van der Waals surface area contributed by atoms with Gasteiger partial charge in [-0.05, 0) is 24.6 Å². The number of amides is 1. The highest BCUT2D eigenvalue weighted by Crippen LogP contribution is 2.34. The molecule has 0 unspecified atom stereocenters. The van der Waals surface area contributed by atoms with E-state index in [1.165, 1.54) is 23.1 Å². The van der Waals surface area contributed by atoms with Crippen molar-refractivity contribution >= 4 is 28.4 Å². The van der Waals surface area contributed by atoms with Gasteiger partial charge in [0, 0.05) is 73.8 Å². The van der Waals surface area contributed by atoms with Crippen molar-refractivity contribution in [3.8, 4) is 0 Å². The van der Waals surface area contributed by atoms with Crippen LogP contribution in [-0.2, 0) is 17.7 Å². The maximum atomic E-state index is 14.4. The zero-order chi connectivity index (χ0) is 25.0. The van der Waals surface area contributed by atoms with Crippen LogP contribution in [-0.4, -0.2) is 68.0 Å². The quantitative estimate of drug-likeness (QED) is 0.592. The fourth-order valence-corrected chi connectivity index (χ4v) is 5.16. The third-order valence-electron chi connectivity index (χ3n) is 7.08. The number of benzene rings is 2. The number of hydrogen-bond acceptors (Lipinski definition) is 7. The molecule has 188 valence electrons. The van der Waals surface area contributed by atoms with Gasteiger partial charge < -0.3 is 29.0 Å². The van der Waals surface area contributed by atoms with Crippen LogP contribution >= 0.6 is 0 Å². The average molecular weight is 497 g/mol. The van der Waals surface area contributed by atoms with E-state index in [0.717, 1.165) is 6.07 Å². The molecule has 8 nitrogen and oxygen atoms in total. The number of carbonyl (C=O) groups excluding carboxylic acids is 1. The van der Waals surface area contributed by atoms with Crippen LogP contribution in [0.2, 0.25) is 0 Å². The van der Waals surface area contributed by atoms with Crippen LogP contribution < -0.4 is 15.2 Å². The highest BCUT2D eigenvalue weighted by Gasteiger charge is 2.31. The van der Waals surface area contributed by atoms with Crippen molar-refractivity contribution in [2.75, 3.05) is 55.7 Å². The molecule has 4 heterocycles. The zero-order valence-corrected chi connectivity index (χ0v) is 19.5. The first-order chi connectivity index (χ1) is 17.4. The van der Waals surface area contributed by atoms with Crippen LogP contribution in [0, 0.1) is 11.6 Å². The molecule has 0 spiro atoms. The molecule has 1 N–H and O–H groups in total. The van der Waals surface area contributed by atoms with Crippen molar-refractivity contribution < 1.29 is 27.8 Å². The molecular weight excluding hydrogens is 472 g/mol. The molecule has 1 aromatic heterocycles. The van der Waals surface area contributed by atoms with Gasteiger partial charge in [-0.1, -0.05) is 0 Å². The lowest BCUT2D eigenvalue weighted by Crippen LogP contribution is -2.53. The number of β-amino-alcohol motifs (C(OH)–C–C–N with tert-alkyl or cyclic N) is 1. The number of aliphatic hydroxyl groups is 1. The lowest BCUT2D eigenvalue weighted by Gasteiger charge is -2.36. The van der Waals surface area contributed by atoms with Crippen molar-refractivity contribution in [2.45, 2.75) is 19.1 Å². The molecule has 2 aromatic carbocycles. The Morgan fingerprint density at radius 2 is 1.83 bits per heavy atom. The summed E-state index contributed by atoms with van der Waals surface area (Å²) in [5, 5.41) is 9.89. The van der Waals surface area contributed by atoms with E-state index in [1.54, 1.807) is 6.07 Å². The molecule has 36 heavy (non-hydrogen) atoms. The molecule has 0 bridgehead atoms. The second kappa shape index (κ2) is 8.86. The van der Waals surface area contributed by atoms with E-state index in [-0.39, 0.29) is 36.4 Å². The highest BCUT2D eigenvalue weighted by atomic mass is 19.1. The summed E-state index contributed by atoms with van der Waals surface area (Å²) in [5.74, 6) is -1.12. The summed E-state index contributed by atoms with van der Waals surface area (Å²) in [7, 11) is 0. The number of likely N-dealkylation sites (tertiary alicyclic amines) is 1. The Morgan fingerprint density at radius 3 is 2.58 bits per heavy atom. The number of morpholine rings is 1. The van der Waals surface area contributed by atoms with Gasteiger partial charge in [0.05, 0.1) is 24.7 Å². The Morgan fingerprint density at radius 1 is 1.06 bits per heavy atom. The SMILES string of the molecule is O=C(c1cc(CN2CCc3c(F)cc(F)cc32)c2oc(N3CCOCC3)cc(=O)c2c1)N1CC(O)C1. The predicted octanol–water partition coefficient (Wildman–Crippen LogP) is 2.29. The summed E-state index contributed by atoms with van der Waals surface area (Å²) >= 11 is 0. The lowest BCUT2D eigenvalue weighted by molar-refractivity contribution is 0.00590. The number of rotatable bonds is 4. The zero-order valence-electron chi connectivity index (χ0n) is 19.5. The number of nitrogens with zero attached hydrogens (tertiary/aromatic N) is 3. The van der Waals surface area contributed by atoms with E-state index in [0.29, 0.717) is 73.1 Å². The minimum atomic E-state index is -0.663. The van der Waals surface area contributed by atoms with Gasteiger partial charge in [0.2, 0.25) is 0 Å². The summed E-state index contributed by atoms with van der Waals surface area (Å²) < 4.78 is 40.0. The minimum absolute atomic E-state index is 0.200. The second-order valence-electron chi connectivity index (χ2n) is 9.48. The molecule has 6 rings (SSSR count). The maximum absolute atomic E-state index is 14.4. The van der Waals surface area contributed by atoms with Gasteiger partial charge >= 0.3 is 0 Å². The van der Waals surface area contributed by atoms with Crippen molar-refractivity contribution in [1.82, 2.24) is 4.90 Å². The van der Waals surface area contributed by atoms with E-state index in [4.69, 9.17) is 9.15 Å². The van der Waals surface area contributed by atoms with E-state index >= 15 is 0 Å². The lowest BCUT2D eigenvalue weighted by atomic mass is 10.0. The standard InChI is InChI=1S/C26H25F2N3O5/c27-17-9-21(28)19-1-2-30(22(19)10-17)12-16-7-15(26(34)31-13-18(32)14-31)8-20-23(33)11-24(36-25(16)20)29-3-5-35-6-4-29/h7-11,18,32H,1-6,12-14H2. The Kier molecular flexibility index (Phi) is 5.65. The van der Waals surface area contributed by atoms with Crippen molar-refractivity contribution in [3.63, 3.8) is 0 Å². The monoisotopic (exact) mass is 497 g/mol. The Hall–Kier alpha value is -3.50. The third-order valence-corrected chi connectivity index (χ3v) is 7.08. The number of carbonyl (C=O) groups is 1. The summed E-state index contributed by atoms with van der Waals surface area (Å²) in [6, 6.07) is 6.81. The topological polar surface area (TPSA) is 86.5 Å². The van der Waals surface area contributed by atoms with Crippen LogP contribution in [0.5, 0.6) is 0 Å². The highest BCUT2D eigenvalue weighted by molar-refractivity contribution is 5.99. The minimum Gasteiger partial charge on any atom is -0.440 e. The number of ether oxygens (including phenoxy) is 1. The molecule has 1 amide bonds. The molecular formula is C26H25F2N3O5. The normalized spacial score (nSPS) is 18.0. The van der Waals surface area contributed by atoms with E-state index in [1.807, 2.05) is 9.80 Å². The number of anilines is 2. The Balaban J connectivity index is 1.45. The number of aliphatic hydroxyl groups excluding tert-OH is 1. The van der Waals surface area contributed by atoms with Crippen molar-refractivity contribution in [3.05, 3.63) is 68.9 Å². The molecule has 3 aliphatic rings. The van der Waals surface area contributed by atoms with E-state index in [2.05, 4.69) is 0 Å². The first kappa shape index (κ1) is 22.9. The fraction of sp³-hybridized carbons (Fsp3) is 0.385. The summed E-state index contributed by atoms with van der Waals surface area (Å²) in [6.07, 6.45) is -0.131. The molecule has 0 radical (unpaired) electrons. The first-order valence-electron chi connectivity index (χ1n) is 12.0. The van der Waals surface area contributed by atoms with Gasteiger partial charge in [0.25, 0.3) is 5.91 Å². The van der Waals surface area contributed by atoms with Crippen molar-refractivity contribution in [1.29, 1.82) is 0 Å². The van der Waals surface area contributed by atoms with E-state index in [9.17, 15) is 23.5 Å². The molecule has 2 fully saturated rings. The third kappa shape index (κ3) is 4.00. The molecule has 3 aliphatic heterocycles. The van der Waals surface area contributed by atoms with Crippen molar-refractivity contribution in [2.24, 2.45) is 0 Å². The number of halogens is 2. The second-order valence-corrected chi connectivity index (χ2v) is 9.48. The molecule has 0 aliphatic carbocycles. The maximum Gasteiger partial charge on any atom is 0.254 e. The Labute approximate surface area is 205 Å². The van der Waals surface area contributed by atoms with Crippen LogP contribution in [0.4, 0.5) is 20.4 Å². The fourth-order valence-electron chi connectivity index (χ4n) is 5.16. The van der Waals surface area contributed by atoms with Gasteiger partial charge in [0.1, 0.15) is 17.2 Å². The Bertz CT molecular complexity index is 1410. The van der Waals surface area contributed by atoms with Crippen LogP contribution in [0.3, 0.4) is 0 Å². The van der Waals surface area contributed by atoms with Crippen LogP contribution in [0.25, 0.3) is 11.0 Å². The van der Waals surface area contributed by atoms with Gasteiger partial charge in [-0.15, -0.1) is 0 Å². The number of fused-ring (bicyclic) bond motifs is 2. The molecule has 10 heteroatoms. The first-order valence-corrected chi connectivity index (χ1v) is 12.0. The predicted molar refractivity (Wildman–Crippen MR) is 129 cm³/mol. The molecule has 0 atom stereocenters.